The molecule has 0 aromatic heterocycles. The molecule has 7 nitrogen and oxygen atoms in total. The van der Waals surface area contributed by atoms with Crippen LogP contribution in [0.1, 0.15) is 32.1 Å². The highest BCUT2D eigenvalue weighted by Gasteiger charge is 2.37. The summed E-state index contributed by atoms with van der Waals surface area (Å²) >= 11 is 0. The van der Waals surface area contributed by atoms with Crippen molar-refractivity contribution in [2.75, 3.05) is 19.3 Å². The SMILES string of the molecule is CS(=O)(=O)N(C=O)CCC1CCC2CNC(C(=O)O)CC2C1. The van der Waals surface area contributed by atoms with E-state index in [0.29, 0.717) is 37.0 Å². The van der Waals surface area contributed by atoms with E-state index in [1.165, 1.54) is 0 Å². The third-order valence-corrected chi connectivity index (χ3v) is 6.13. The van der Waals surface area contributed by atoms with E-state index in [9.17, 15) is 18.0 Å². The second-order valence-corrected chi connectivity index (χ2v) is 8.44. The first-order valence-electron chi connectivity index (χ1n) is 7.69. The molecule has 1 heterocycles. The molecule has 0 spiro atoms. The molecule has 1 saturated carbocycles. The van der Waals surface area contributed by atoms with Crippen molar-refractivity contribution < 1.29 is 23.1 Å². The summed E-state index contributed by atoms with van der Waals surface area (Å²) in [7, 11) is -3.48. The maximum atomic E-state index is 11.4. The zero-order valence-corrected chi connectivity index (χ0v) is 13.6. The van der Waals surface area contributed by atoms with Gasteiger partial charge < -0.3 is 10.4 Å². The average molecular weight is 332 g/mol. The van der Waals surface area contributed by atoms with Crippen molar-refractivity contribution in [3.05, 3.63) is 0 Å². The molecule has 0 radical (unpaired) electrons. The zero-order chi connectivity index (χ0) is 16.3. The summed E-state index contributed by atoms with van der Waals surface area (Å²) in [6.07, 6.45) is 5.66. The normalized spacial score (nSPS) is 32.0. The van der Waals surface area contributed by atoms with Crippen molar-refractivity contribution in [1.82, 2.24) is 9.62 Å². The van der Waals surface area contributed by atoms with Gasteiger partial charge in [0.2, 0.25) is 16.4 Å². The maximum Gasteiger partial charge on any atom is 0.320 e. The Kier molecular flexibility index (Phi) is 5.44. The van der Waals surface area contributed by atoms with Crippen LogP contribution < -0.4 is 5.32 Å². The Morgan fingerprint density at radius 2 is 2.05 bits per heavy atom. The second-order valence-electron chi connectivity index (χ2n) is 6.50. The number of hydrogen-bond donors (Lipinski definition) is 2. The van der Waals surface area contributed by atoms with Crippen LogP contribution in [0.2, 0.25) is 0 Å². The minimum Gasteiger partial charge on any atom is -0.480 e. The highest BCUT2D eigenvalue weighted by Crippen LogP contribution is 2.39. The summed E-state index contributed by atoms with van der Waals surface area (Å²) in [6.45, 7) is 0.961. The van der Waals surface area contributed by atoms with Crippen LogP contribution in [0.4, 0.5) is 0 Å². The monoisotopic (exact) mass is 332 g/mol. The first kappa shape index (κ1) is 17.2. The maximum absolute atomic E-state index is 11.4. The Bertz CT molecular complexity index is 521. The fourth-order valence-corrected chi connectivity index (χ4v) is 4.31. The number of rotatable bonds is 6. The van der Waals surface area contributed by atoms with Crippen molar-refractivity contribution in [2.24, 2.45) is 17.8 Å². The van der Waals surface area contributed by atoms with E-state index in [2.05, 4.69) is 5.32 Å². The van der Waals surface area contributed by atoms with E-state index in [1.54, 1.807) is 0 Å². The first-order valence-corrected chi connectivity index (χ1v) is 9.54. The van der Waals surface area contributed by atoms with Crippen LogP contribution >= 0.6 is 0 Å². The van der Waals surface area contributed by atoms with Crippen LogP contribution in [-0.2, 0) is 19.6 Å². The van der Waals surface area contributed by atoms with Gasteiger partial charge in [0.1, 0.15) is 6.04 Å². The Morgan fingerprint density at radius 1 is 1.32 bits per heavy atom. The molecule has 2 aliphatic rings. The summed E-state index contributed by atoms with van der Waals surface area (Å²) in [5.74, 6) is 0.454. The molecule has 2 N–H and O–H groups in total. The third kappa shape index (κ3) is 4.19. The van der Waals surface area contributed by atoms with Gasteiger partial charge in [-0.1, -0.05) is 6.42 Å². The first-order chi connectivity index (χ1) is 10.3. The van der Waals surface area contributed by atoms with Gasteiger partial charge >= 0.3 is 5.97 Å². The van der Waals surface area contributed by atoms with Crippen LogP contribution in [0.5, 0.6) is 0 Å². The molecule has 2 fully saturated rings. The number of carbonyl (C=O) groups excluding carboxylic acids is 1. The molecule has 1 amide bonds. The molecular weight excluding hydrogens is 308 g/mol. The van der Waals surface area contributed by atoms with Gasteiger partial charge in [-0.2, -0.15) is 0 Å². The van der Waals surface area contributed by atoms with E-state index in [4.69, 9.17) is 5.11 Å². The number of carbonyl (C=O) groups is 2. The fraction of sp³-hybridized carbons (Fsp3) is 0.857. The van der Waals surface area contributed by atoms with Gasteiger partial charge in [-0.25, -0.2) is 12.7 Å². The number of amides is 1. The highest BCUT2D eigenvalue weighted by atomic mass is 32.2. The topological polar surface area (TPSA) is 104 Å². The zero-order valence-electron chi connectivity index (χ0n) is 12.8. The molecule has 4 atom stereocenters. The van der Waals surface area contributed by atoms with Gasteiger partial charge in [0.05, 0.1) is 6.26 Å². The number of hydrogen-bond acceptors (Lipinski definition) is 5. The van der Waals surface area contributed by atoms with Crippen LogP contribution in [0, 0.1) is 17.8 Å². The second kappa shape index (κ2) is 6.95. The van der Waals surface area contributed by atoms with Crippen molar-refractivity contribution in [1.29, 1.82) is 0 Å². The minimum absolute atomic E-state index is 0.213. The Balaban J connectivity index is 1.87. The van der Waals surface area contributed by atoms with Gasteiger partial charge in [-0.15, -0.1) is 0 Å². The molecule has 1 aliphatic carbocycles. The summed E-state index contributed by atoms with van der Waals surface area (Å²) < 4.78 is 23.7. The number of sulfonamides is 1. The van der Waals surface area contributed by atoms with Crippen molar-refractivity contribution in [3.8, 4) is 0 Å². The number of nitrogens with one attached hydrogen (secondary N) is 1. The predicted molar refractivity (Wildman–Crippen MR) is 80.6 cm³/mol. The number of fused-ring (bicyclic) bond motifs is 1. The molecule has 1 saturated heterocycles. The third-order valence-electron chi connectivity index (χ3n) is 5.01. The number of carboxylic acids is 1. The molecule has 0 bridgehead atoms. The minimum atomic E-state index is -3.48. The van der Waals surface area contributed by atoms with Gasteiger partial charge in [-0.05, 0) is 50.0 Å². The van der Waals surface area contributed by atoms with Gasteiger partial charge in [0.15, 0.2) is 0 Å². The molecule has 2 rings (SSSR count). The number of nitrogens with zero attached hydrogens (tertiary/aromatic N) is 1. The van der Waals surface area contributed by atoms with E-state index in [1.807, 2.05) is 0 Å². The molecule has 1 aliphatic heterocycles. The predicted octanol–water partition coefficient (Wildman–Crippen LogP) is 0.274. The fourth-order valence-electron chi connectivity index (χ4n) is 3.72. The van der Waals surface area contributed by atoms with Crippen LogP contribution in [0.3, 0.4) is 0 Å². The summed E-state index contributed by atoms with van der Waals surface area (Å²) in [5.41, 5.74) is 0. The van der Waals surface area contributed by atoms with E-state index < -0.39 is 22.0 Å². The smallest absolute Gasteiger partial charge is 0.320 e. The lowest BCUT2D eigenvalue weighted by atomic mass is 9.69. The highest BCUT2D eigenvalue weighted by molar-refractivity contribution is 7.88. The summed E-state index contributed by atoms with van der Waals surface area (Å²) in [4.78, 5) is 21.9. The van der Waals surface area contributed by atoms with Gasteiger partial charge in [0, 0.05) is 6.54 Å². The van der Waals surface area contributed by atoms with Crippen LogP contribution in [0.25, 0.3) is 0 Å². The molecule has 0 aromatic carbocycles. The molecule has 8 heteroatoms. The quantitative estimate of drug-likeness (QED) is 0.677. The van der Waals surface area contributed by atoms with E-state index >= 15 is 0 Å². The number of carboxylic acid groups (broad SMARTS) is 1. The van der Waals surface area contributed by atoms with E-state index in [0.717, 1.165) is 36.4 Å². The Labute approximate surface area is 131 Å². The summed E-state index contributed by atoms with van der Waals surface area (Å²) in [6, 6.07) is -0.470. The van der Waals surface area contributed by atoms with E-state index in [-0.39, 0.29) is 6.54 Å². The van der Waals surface area contributed by atoms with Crippen molar-refractivity contribution in [3.63, 3.8) is 0 Å². The summed E-state index contributed by atoms with van der Waals surface area (Å²) in [5, 5.41) is 12.2. The largest absolute Gasteiger partial charge is 0.480 e. The van der Waals surface area contributed by atoms with Crippen molar-refractivity contribution >= 4 is 22.4 Å². The number of aliphatic carboxylic acids is 1. The Morgan fingerprint density at radius 3 is 2.64 bits per heavy atom. The standard InChI is InChI=1S/C14H24N2O5S/c1-22(20,21)16(9-17)5-4-10-2-3-11-8-15-13(14(18)19)7-12(11)6-10/h9-13,15H,2-8H2,1H3,(H,18,19). The Hall–Kier alpha value is -1.15. The average Bonchev–Trinajstić information content (AvgIpc) is 2.45. The van der Waals surface area contributed by atoms with Crippen LogP contribution in [0.15, 0.2) is 0 Å². The molecular formula is C14H24N2O5S. The molecule has 126 valence electrons. The van der Waals surface area contributed by atoms with Gasteiger partial charge in [0.25, 0.3) is 0 Å². The lowest BCUT2D eigenvalue weighted by Crippen LogP contribution is -2.49. The van der Waals surface area contributed by atoms with Crippen molar-refractivity contribution in [2.45, 2.75) is 38.1 Å². The lowest BCUT2D eigenvalue weighted by molar-refractivity contribution is -0.141. The van der Waals surface area contributed by atoms with Gasteiger partial charge in [-0.3, -0.25) is 9.59 Å². The lowest BCUT2D eigenvalue weighted by Gasteiger charge is -2.41. The number of piperidine rings is 1. The van der Waals surface area contributed by atoms with Crippen LogP contribution in [-0.4, -0.2) is 55.6 Å². The molecule has 0 aromatic rings. The molecule has 4 unspecified atom stereocenters. The molecule has 22 heavy (non-hydrogen) atoms.